The normalized spacial score (nSPS) is 17.9. The average Bonchev–Trinajstić information content (AvgIpc) is 2.77. The molecule has 1 amide bonds. The first-order valence-electron chi connectivity index (χ1n) is 10.5. The van der Waals surface area contributed by atoms with Crippen molar-refractivity contribution in [2.75, 3.05) is 19.3 Å². The predicted octanol–water partition coefficient (Wildman–Crippen LogP) is 3.72. The number of rotatable bonds is 7. The van der Waals surface area contributed by atoms with E-state index in [0.29, 0.717) is 20.8 Å². The molecule has 1 saturated heterocycles. The molecule has 13 heteroatoms. The van der Waals surface area contributed by atoms with E-state index in [4.69, 9.17) is 11.6 Å². The summed E-state index contributed by atoms with van der Waals surface area (Å²) >= 11 is 9.56. The van der Waals surface area contributed by atoms with Crippen LogP contribution in [0, 0.1) is 0 Å². The first-order chi connectivity index (χ1) is 16.2. The molecule has 190 valence electrons. The van der Waals surface area contributed by atoms with Crippen LogP contribution in [-0.4, -0.2) is 63.1 Å². The third kappa shape index (κ3) is 6.67. The lowest BCUT2D eigenvalue weighted by Gasteiger charge is -2.35. The molecule has 2 aromatic rings. The van der Waals surface area contributed by atoms with Gasteiger partial charge in [-0.1, -0.05) is 35.9 Å². The highest BCUT2D eigenvalue weighted by Gasteiger charge is 2.45. The molecule has 1 N–H and O–H groups in total. The molecule has 1 aliphatic heterocycles. The van der Waals surface area contributed by atoms with Gasteiger partial charge < -0.3 is 5.32 Å². The topological polar surface area (TPSA) is 114 Å². The summed E-state index contributed by atoms with van der Waals surface area (Å²) in [6, 6.07) is 7.62. The number of amides is 1. The number of halogens is 3. The second-order valence-electron chi connectivity index (χ2n) is 8.27. The monoisotopic (exact) mass is 607 g/mol. The summed E-state index contributed by atoms with van der Waals surface area (Å²) in [5, 5.41) is 3.72. The molecule has 0 saturated carbocycles. The molecule has 1 fully saturated rings. The zero-order valence-corrected chi connectivity index (χ0v) is 22.9. The first-order valence-corrected chi connectivity index (χ1v) is 15.1. The highest BCUT2D eigenvalue weighted by Crippen LogP contribution is 2.37. The van der Waals surface area contributed by atoms with Gasteiger partial charge in [0, 0.05) is 66.0 Å². The molecule has 1 aromatic heterocycles. The molecule has 2 heterocycles. The number of piperidine rings is 1. The summed E-state index contributed by atoms with van der Waals surface area (Å²) in [6.07, 6.45) is 2.76. The quantitative estimate of drug-likeness (QED) is 0.480. The van der Waals surface area contributed by atoms with Crippen LogP contribution in [0.15, 0.2) is 57.5 Å². The van der Waals surface area contributed by atoms with Crippen LogP contribution in [0.5, 0.6) is 0 Å². The number of carbonyl (C=O) groups excluding carboxylic acids is 1. The van der Waals surface area contributed by atoms with Crippen LogP contribution in [0.3, 0.4) is 0 Å². The standard InChI is InChI=1S/C22H24BrClFN3O5S2/c1-15(7-12-34(2,30)31)27-21(29)22(25)8-10-28(11-9-22)35(32,33)19-14-26-20(23)13-17(19)16-5-3-4-6-18(16)24/h3-7,12-15H,8-11H2,1-2H3,(H,27,29)/b12-7-/t15-/m1/s1. The van der Waals surface area contributed by atoms with Gasteiger partial charge in [-0.05, 0) is 35.0 Å². The van der Waals surface area contributed by atoms with Crippen LogP contribution in [0.1, 0.15) is 19.8 Å². The lowest BCUT2D eigenvalue weighted by molar-refractivity contribution is -0.135. The van der Waals surface area contributed by atoms with Crippen LogP contribution in [0.2, 0.25) is 5.02 Å². The Hall–Kier alpha value is -1.86. The van der Waals surface area contributed by atoms with E-state index in [1.165, 1.54) is 19.2 Å². The van der Waals surface area contributed by atoms with Gasteiger partial charge in [-0.3, -0.25) is 4.79 Å². The van der Waals surface area contributed by atoms with Crippen molar-refractivity contribution in [3.8, 4) is 11.1 Å². The zero-order chi connectivity index (χ0) is 26.0. The molecule has 8 nitrogen and oxygen atoms in total. The van der Waals surface area contributed by atoms with Crippen molar-refractivity contribution < 1.29 is 26.0 Å². The fourth-order valence-electron chi connectivity index (χ4n) is 3.60. The van der Waals surface area contributed by atoms with Crippen molar-refractivity contribution in [2.24, 2.45) is 0 Å². The number of sulfonamides is 1. The molecule has 1 aliphatic rings. The van der Waals surface area contributed by atoms with Crippen molar-refractivity contribution in [1.82, 2.24) is 14.6 Å². The number of benzene rings is 1. The molecular formula is C22H24BrClFN3O5S2. The molecular weight excluding hydrogens is 585 g/mol. The Balaban J connectivity index is 1.79. The van der Waals surface area contributed by atoms with Crippen molar-refractivity contribution in [3.63, 3.8) is 0 Å². The van der Waals surface area contributed by atoms with Crippen LogP contribution < -0.4 is 5.32 Å². The van der Waals surface area contributed by atoms with E-state index in [2.05, 4.69) is 26.2 Å². The van der Waals surface area contributed by atoms with E-state index in [1.807, 2.05) is 0 Å². The van der Waals surface area contributed by atoms with Gasteiger partial charge in [0.1, 0.15) is 9.50 Å². The molecule has 0 bridgehead atoms. The van der Waals surface area contributed by atoms with Crippen LogP contribution in [-0.2, 0) is 24.7 Å². The summed E-state index contributed by atoms with van der Waals surface area (Å²) < 4.78 is 66.4. The van der Waals surface area contributed by atoms with E-state index in [-0.39, 0.29) is 30.8 Å². The van der Waals surface area contributed by atoms with Gasteiger partial charge in [0.25, 0.3) is 5.91 Å². The van der Waals surface area contributed by atoms with Crippen molar-refractivity contribution in [3.05, 3.63) is 57.6 Å². The fourth-order valence-corrected chi connectivity index (χ4v) is 6.27. The van der Waals surface area contributed by atoms with Gasteiger partial charge >= 0.3 is 0 Å². The van der Waals surface area contributed by atoms with Crippen molar-refractivity contribution in [1.29, 1.82) is 0 Å². The Morgan fingerprint density at radius 1 is 1.23 bits per heavy atom. The predicted molar refractivity (Wildman–Crippen MR) is 136 cm³/mol. The number of nitrogens with zero attached hydrogens (tertiary/aromatic N) is 2. The Bertz CT molecular complexity index is 1360. The highest BCUT2D eigenvalue weighted by atomic mass is 79.9. The van der Waals surface area contributed by atoms with Crippen LogP contribution >= 0.6 is 27.5 Å². The maximum atomic E-state index is 15.4. The maximum absolute atomic E-state index is 15.4. The number of carbonyl (C=O) groups is 1. The second-order valence-corrected chi connectivity index (χ2v) is 13.3. The van der Waals surface area contributed by atoms with Gasteiger partial charge in [-0.15, -0.1) is 0 Å². The van der Waals surface area contributed by atoms with Gasteiger partial charge in [-0.25, -0.2) is 26.2 Å². The minimum Gasteiger partial charge on any atom is -0.347 e. The highest BCUT2D eigenvalue weighted by molar-refractivity contribution is 9.10. The third-order valence-electron chi connectivity index (χ3n) is 5.51. The summed E-state index contributed by atoms with van der Waals surface area (Å²) in [7, 11) is -7.47. The number of sulfone groups is 1. The van der Waals surface area contributed by atoms with E-state index in [0.717, 1.165) is 16.0 Å². The van der Waals surface area contributed by atoms with Crippen molar-refractivity contribution in [2.45, 2.75) is 36.4 Å². The Morgan fingerprint density at radius 2 is 1.86 bits per heavy atom. The van der Waals surface area contributed by atoms with E-state index in [9.17, 15) is 21.6 Å². The lowest BCUT2D eigenvalue weighted by Crippen LogP contribution is -2.53. The van der Waals surface area contributed by atoms with Crippen LogP contribution in [0.4, 0.5) is 4.39 Å². The lowest BCUT2D eigenvalue weighted by atomic mass is 9.93. The Labute approximate surface area is 217 Å². The van der Waals surface area contributed by atoms with Gasteiger partial charge in [-0.2, -0.15) is 4.31 Å². The molecule has 3 rings (SSSR count). The molecule has 35 heavy (non-hydrogen) atoms. The molecule has 0 unspecified atom stereocenters. The van der Waals surface area contributed by atoms with E-state index in [1.54, 1.807) is 30.3 Å². The summed E-state index contributed by atoms with van der Waals surface area (Å²) in [5.41, 5.74) is -1.44. The number of alkyl halides is 1. The maximum Gasteiger partial charge on any atom is 0.258 e. The molecule has 1 atom stereocenters. The first kappa shape index (κ1) is 27.7. The minimum absolute atomic E-state index is 0.0795. The van der Waals surface area contributed by atoms with Crippen molar-refractivity contribution >= 4 is 53.3 Å². The van der Waals surface area contributed by atoms with Crippen LogP contribution in [0.25, 0.3) is 11.1 Å². The Morgan fingerprint density at radius 3 is 2.46 bits per heavy atom. The SMILES string of the molecule is C[C@H](/C=C\S(C)(=O)=O)NC(=O)C1(F)CCN(S(=O)(=O)c2cnc(Br)cc2-c2ccccc2Cl)CC1. The number of hydrogen-bond acceptors (Lipinski definition) is 6. The van der Waals surface area contributed by atoms with Gasteiger partial charge in [0.15, 0.2) is 15.5 Å². The molecule has 0 spiro atoms. The summed E-state index contributed by atoms with van der Waals surface area (Å²) in [6.45, 7) is 1.06. The van der Waals surface area contributed by atoms with Gasteiger partial charge in [0.05, 0.1) is 0 Å². The average molecular weight is 609 g/mol. The number of pyridine rings is 1. The largest absolute Gasteiger partial charge is 0.347 e. The van der Waals surface area contributed by atoms with Gasteiger partial charge in [0.2, 0.25) is 10.0 Å². The minimum atomic E-state index is -4.08. The number of hydrogen-bond donors (Lipinski definition) is 1. The third-order valence-corrected chi connectivity index (χ3v) is 8.85. The fraction of sp³-hybridized carbons (Fsp3) is 0.364. The number of nitrogens with one attached hydrogen (secondary N) is 1. The van der Waals surface area contributed by atoms with E-state index >= 15 is 4.39 Å². The summed E-state index contributed by atoms with van der Waals surface area (Å²) in [5.74, 6) is -0.915. The molecule has 0 radical (unpaired) electrons. The second kappa shape index (κ2) is 10.6. The molecule has 1 aromatic carbocycles. The number of aromatic nitrogens is 1. The summed E-state index contributed by atoms with van der Waals surface area (Å²) in [4.78, 5) is 16.5. The van der Waals surface area contributed by atoms with E-state index < -0.39 is 37.5 Å². The zero-order valence-electron chi connectivity index (χ0n) is 18.9. The Kier molecular flexibility index (Phi) is 8.42. The molecule has 0 aliphatic carbocycles. The smallest absolute Gasteiger partial charge is 0.258 e.